The average molecular weight is 535 g/mol. The number of benzene rings is 3. The van der Waals surface area contributed by atoms with Gasteiger partial charge < -0.3 is 10.4 Å². The number of anilines is 1. The van der Waals surface area contributed by atoms with E-state index in [1.807, 2.05) is 0 Å². The summed E-state index contributed by atoms with van der Waals surface area (Å²) in [7, 11) is 0. The standard InChI is InChI=1S/C26H19F6N3O3/c1-15(36)33-18-6-4-5-16(13-18)14-22-34-21-8-3-2-7-20(21)23(37)35(22)19-11-9-17(10-12-19)24(38,25(27,28)29)26(30,31)32/h2-13,38H,14H2,1H3,(H,33,36). The molecule has 0 spiro atoms. The Morgan fingerprint density at radius 2 is 1.55 bits per heavy atom. The summed E-state index contributed by atoms with van der Waals surface area (Å²) in [4.78, 5) is 29.3. The van der Waals surface area contributed by atoms with E-state index in [1.54, 1.807) is 42.5 Å². The predicted molar refractivity (Wildman–Crippen MR) is 127 cm³/mol. The zero-order valence-electron chi connectivity index (χ0n) is 19.6. The van der Waals surface area contributed by atoms with Crippen LogP contribution in [0, 0.1) is 0 Å². The number of halogens is 6. The molecule has 1 aromatic heterocycles. The number of para-hydroxylation sites is 1. The molecule has 2 N–H and O–H groups in total. The zero-order valence-corrected chi connectivity index (χ0v) is 19.6. The molecule has 0 saturated heterocycles. The molecule has 1 amide bonds. The molecule has 0 atom stereocenters. The van der Waals surface area contributed by atoms with Crippen molar-refractivity contribution >= 4 is 22.5 Å². The van der Waals surface area contributed by atoms with Crippen LogP contribution in [0.1, 0.15) is 23.9 Å². The molecule has 0 radical (unpaired) electrons. The molecule has 4 rings (SSSR count). The number of carbonyl (C=O) groups is 1. The minimum Gasteiger partial charge on any atom is -0.369 e. The van der Waals surface area contributed by atoms with Gasteiger partial charge in [-0.05, 0) is 42.0 Å². The highest BCUT2D eigenvalue weighted by molar-refractivity contribution is 5.88. The smallest absolute Gasteiger partial charge is 0.369 e. The molecule has 1 heterocycles. The van der Waals surface area contributed by atoms with Crippen LogP contribution in [0.5, 0.6) is 0 Å². The van der Waals surface area contributed by atoms with Crippen LogP contribution in [0.25, 0.3) is 16.6 Å². The second-order valence-electron chi connectivity index (χ2n) is 8.50. The highest BCUT2D eigenvalue weighted by Crippen LogP contribution is 2.50. The Hall–Kier alpha value is -4.19. The van der Waals surface area contributed by atoms with Gasteiger partial charge in [0.1, 0.15) is 5.82 Å². The highest BCUT2D eigenvalue weighted by Gasteiger charge is 2.71. The van der Waals surface area contributed by atoms with Crippen molar-refractivity contribution in [1.82, 2.24) is 9.55 Å². The molecule has 6 nitrogen and oxygen atoms in total. The van der Waals surface area contributed by atoms with Gasteiger partial charge in [-0.15, -0.1) is 0 Å². The molecule has 0 aliphatic carbocycles. The molecule has 38 heavy (non-hydrogen) atoms. The summed E-state index contributed by atoms with van der Waals surface area (Å²) in [5, 5.41) is 12.5. The van der Waals surface area contributed by atoms with Gasteiger partial charge in [-0.25, -0.2) is 4.98 Å². The lowest BCUT2D eigenvalue weighted by Gasteiger charge is -2.32. The molecule has 0 bridgehead atoms. The van der Waals surface area contributed by atoms with Gasteiger partial charge in [0, 0.05) is 24.6 Å². The number of rotatable bonds is 5. The fourth-order valence-corrected chi connectivity index (χ4v) is 4.05. The van der Waals surface area contributed by atoms with Gasteiger partial charge in [0.05, 0.1) is 16.6 Å². The van der Waals surface area contributed by atoms with E-state index in [0.717, 1.165) is 16.7 Å². The normalized spacial score (nSPS) is 12.5. The Kier molecular flexibility index (Phi) is 6.79. The molecule has 198 valence electrons. The second-order valence-corrected chi connectivity index (χ2v) is 8.50. The number of alkyl halides is 6. The Labute approximate surface area is 211 Å². The first-order valence-corrected chi connectivity index (χ1v) is 11.1. The molecule has 0 aliphatic heterocycles. The number of fused-ring (bicyclic) bond motifs is 1. The summed E-state index contributed by atoms with van der Waals surface area (Å²) >= 11 is 0. The number of aliphatic hydroxyl groups is 1. The lowest BCUT2D eigenvalue weighted by molar-refractivity contribution is -0.376. The maximum atomic E-state index is 13.4. The molecule has 0 unspecified atom stereocenters. The Morgan fingerprint density at radius 1 is 0.921 bits per heavy atom. The number of carbonyl (C=O) groups excluding carboxylic acids is 1. The van der Waals surface area contributed by atoms with Crippen molar-refractivity contribution in [3.63, 3.8) is 0 Å². The van der Waals surface area contributed by atoms with Gasteiger partial charge in [-0.1, -0.05) is 36.4 Å². The molecule has 0 fully saturated rings. The summed E-state index contributed by atoms with van der Waals surface area (Å²) in [6.45, 7) is 1.33. The van der Waals surface area contributed by atoms with Crippen molar-refractivity contribution in [2.24, 2.45) is 0 Å². The zero-order chi connectivity index (χ0) is 27.9. The second kappa shape index (κ2) is 9.60. The topological polar surface area (TPSA) is 84.2 Å². The molecular formula is C26H19F6N3O3. The van der Waals surface area contributed by atoms with E-state index in [1.165, 1.54) is 13.0 Å². The average Bonchev–Trinajstić information content (AvgIpc) is 2.82. The summed E-state index contributed by atoms with van der Waals surface area (Å²) in [6.07, 6.45) is -12.1. The molecule has 4 aromatic rings. The SMILES string of the molecule is CC(=O)Nc1cccc(Cc2nc3ccccc3c(=O)n2-c2ccc(C(O)(C(F)(F)F)C(F)(F)F)cc2)c1. The van der Waals surface area contributed by atoms with Crippen molar-refractivity contribution in [2.45, 2.75) is 31.3 Å². The van der Waals surface area contributed by atoms with Crippen LogP contribution in [-0.4, -0.2) is 32.9 Å². The van der Waals surface area contributed by atoms with E-state index in [4.69, 9.17) is 0 Å². The third-order valence-corrected chi connectivity index (χ3v) is 5.82. The van der Waals surface area contributed by atoms with E-state index >= 15 is 0 Å². The van der Waals surface area contributed by atoms with Gasteiger partial charge in [0.25, 0.3) is 11.2 Å². The molecule has 0 saturated carbocycles. The Bertz CT molecular complexity index is 1550. The quantitative estimate of drug-likeness (QED) is 0.342. The first-order chi connectivity index (χ1) is 17.7. The molecule has 3 aromatic carbocycles. The van der Waals surface area contributed by atoms with Crippen molar-refractivity contribution < 1.29 is 36.2 Å². The van der Waals surface area contributed by atoms with Crippen molar-refractivity contribution in [3.8, 4) is 5.69 Å². The largest absolute Gasteiger partial charge is 0.430 e. The van der Waals surface area contributed by atoms with Crippen LogP contribution < -0.4 is 10.9 Å². The number of hydrogen-bond acceptors (Lipinski definition) is 4. The highest BCUT2D eigenvalue weighted by atomic mass is 19.4. The van der Waals surface area contributed by atoms with Crippen molar-refractivity contribution in [3.05, 3.63) is 100 Å². The van der Waals surface area contributed by atoms with Gasteiger partial charge in [0.15, 0.2) is 0 Å². The van der Waals surface area contributed by atoms with E-state index in [0.29, 0.717) is 28.9 Å². The predicted octanol–water partition coefficient (Wildman–Crippen LogP) is 5.25. The van der Waals surface area contributed by atoms with Crippen LogP contribution in [-0.2, 0) is 16.8 Å². The van der Waals surface area contributed by atoms with Gasteiger partial charge >= 0.3 is 12.4 Å². The number of nitrogens with one attached hydrogen (secondary N) is 1. The maximum Gasteiger partial charge on any atom is 0.430 e. The fraction of sp³-hybridized carbons (Fsp3) is 0.192. The Morgan fingerprint density at radius 3 is 2.16 bits per heavy atom. The van der Waals surface area contributed by atoms with E-state index in [2.05, 4.69) is 10.3 Å². The molecular weight excluding hydrogens is 516 g/mol. The number of aromatic nitrogens is 2. The summed E-state index contributed by atoms with van der Waals surface area (Å²) in [5.74, 6) is -0.163. The minimum atomic E-state index is -6.04. The van der Waals surface area contributed by atoms with Crippen LogP contribution in [0.15, 0.2) is 77.6 Å². The maximum absolute atomic E-state index is 13.4. The molecule has 0 aliphatic rings. The number of hydrogen-bond donors (Lipinski definition) is 2. The van der Waals surface area contributed by atoms with Crippen LogP contribution >= 0.6 is 0 Å². The van der Waals surface area contributed by atoms with E-state index < -0.39 is 29.1 Å². The monoisotopic (exact) mass is 535 g/mol. The van der Waals surface area contributed by atoms with Crippen LogP contribution in [0.3, 0.4) is 0 Å². The van der Waals surface area contributed by atoms with Gasteiger partial charge in [-0.2, -0.15) is 26.3 Å². The van der Waals surface area contributed by atoms with Gasteiger partial charge in [-0.3, -0.25) is 14.2 Å². The van der Waals surface area contributed by atoms with Crippen LogP contribution in [0.2, 0.25) is 0 Å². The van der Waals surface area contributed by atoms with E-state index in [-0.39, 0.29) is 29.2 Å². The third-order valence-electron chi connectivity index (χ3n) is 5.82. The van der Waals surface area contributed by atoms with E-state index in [9.17, 15) is 41.0 Å². The first kappa shape index (κ1) is 26.9. The minimum absolute atomic E-state index is 0.0320. The van der Waals surface area contributed by atoms with Crippen molar-refractivity contribution in [2.75, 3.05) is 5.32 Å². The lowest BCUT2D eigenvalue weighted by Crippen LogP contribution is -2.53. The fourth-order valence-electron chi connectivity index (χ4n) is 4.05. The molecule has 12 heteroatoms. The third kappa shape index (κ3) is 4.86. The number of amides is 1. The summed E-state index contributed by atoms with van der Waals surface area (Å²) in [5.41, 5.74) is -5.78. The summed E-state index contributed by atoms with van der Waals surface area (Å²) < 4.78 is 80.9. The first-order valence-electron chi connectivity index (χ1n) is 11.1. The number of nitrogens with zero attached hydrogens (tertiary/aromatic N) is 2. The van der Waals surface area contributed by atoms with Gasteiger partial charge in [0.2, 0.25) is 5.91 Å². The van der Waals surface area contributed by atoms with Crippen LogP contribution in [0.4, 0.5) is 32.0 Å². The summed E-state index contributed by atoms with van der Waals surface area (Å²) in [6, 6.07) is 15.7. The van der Waals surface area contributed by atoms with Crippen molar-refractivity contribution in [1.29, 1.82) is 0 Å². The Balaban J connectivity index is 1.86. The lowest BCUT2D eigenvalue weighted by atomic mass is 9.92.